The number of aromatic nitrogens is 1. The molecule has 1 amide bonds. The van der Waals surface area contributed by atoms with Crippen LogP contribution in [0.3, 0.4) is 0 Å². The molecule has 3 rings (SSSR count). The maximum atomic E-state index is 13.5. The fraction of sp³-hybridized carbons (Fsp3) is 0.400. The van der Waals surface area contributed by atoms with E-state index in [4.69, 9.17) is 0 Å². The summed E-state index contributed by atoms with van der Waals surface area (Å²) in [5.74, 6) is 2.27. The SMILES string of the molecule is O=C(CN1CCN(c2ccccn2)CC1)NCCSCc1ccccc1F. The molecule has 0 atom stereocenters. The molecule has 2 heterocycles. The van der Waals surface area contributed by atoms with E-state index >= 15 is 0 Å². The van der Waals surface area contributed by atoms with Gasteiger partial charge >= 0.3 is 0 Å². The summed E-state index contributed by atoms with van der Waals surface area (Å²) in [5.41, 5.74) is 0.708. The number of nitrogens with one attached hydrogen (secondary N) is 1. The van der Waals surface area contributed by atoms with E-state index in [1.165, 1.54) is 6.07 Å². The zero-order chi connectivity index (χ0) is 18.9. The summed E-state index contributed by atoms with van der Waals surface area (Å²) in [6.45, 7) is 4.49. The number of rotatable bonds is 8. The number of amides is 1. The molecule has 1 aromatic heterocycles. The number of carbonyl (C=O) groups excluding carboxylic acids is 1. The normalized spacial score (nSPS) is 14.9. The largest absolute Gasteiger partial charge is 0.354 e. The van der Waals surface area contributed by atoms with Crippen LogP contribution >= 0.6 is 11.8 Å². The molecule has 0 spiro atoms. The lowest BCUT2D eigenvalue weighted by Crippen LogP contribution is -2.49. The number of nitrogens with zero attached hydrogens (tertiary/aromatic N) is 3. The highest BCUT2D eigenvalue weighted by molar-refractivity contribution is 7.98. The smallest absolute Gasteiger partial charge is 0.234 e. The van der Waals surface area contributed by atoms with Crippen LogP contribution in [0.5, 0.6) is 0 Å². The minimum Gasteiger partial charge on any atom is -0.354 e. The molecule has 1 aliphatic heterocycles. The molecule has 0 bridgehead atoms. The highest BCUT2D eigenvalue weighted by Crippen LogP contribution is 2.15. The van der Waals surface area contributed by atoms with Gasteiger partial charge in [-0.3, -0.25) is 9.69 Å². The number of piperazine rings is 1. The van der Waals surface area contributed by atoms with Crippen molar-refractivity contribution in [2.75, 3.05) is 49.9 Å². The van der Waals surface area contributed by atoms with E-state index in [1.54, 1.807) is 30.1 Å². The second-order valence-corrected chi connectivity index (χ2v) is 7.55. The number of pyridine rings is 1. The number of halogens is 1. The molecule has 1 aromatic carbocycles. The van der Waals surface area contributed by atoms with Crippen LogP contribution < -0.4 is 10.2 Å². The summed E-state index contributed by atoms with van der Waals surface area (Å²) in [6.07, 6.45) is 1.80. The number of benzene rings is 1. The van der Waals surface area contributed by atoms with Gasteiger partial charge in [0, 0.05) is 50.4 Å². The summed E-state index contributed by atoms with van der Waals surface area (Å²) in [5, 5.41) is 2.95. The Labute approximate surface area is 164 Å². The van der Waals surface area contributed by atoms with E-state index < -0.39 is 0 Å². The van der Waals surface area contributed by atoms with Crippen molar-refractivity contribution >= 4 is 23.5 Å². The highest BCUT2D eigenvalue weighted by Gasteiger charge is 2.19. The van der Waals surface area contributed by atoms with Crippen LogP contribution in [0.25, 0.3) is 0 Å². The molecule has 1 fully saturated rings. The molecule has 0 aliphatic carbocycles. The predicted octanol–water partition coefficient (Wildman–Crippen LogP) is 2.39. The molecule has 0 saturated carbocycles. The standard InChI is InChI=1S/C20H25FN4OS/c21-18-6-2-1-5-17(18)16-27-14-9-23-20(26)15-24-10-12-25(13-11-24)19-7-3-4-8-22-19/h1-8H,9-16H2,(H,23,26). The van der Waals surface area contributed by atoms with Crippen LogP contribution in [0.4, 0.5) is 10.2 Å². The molecule has 7 heteroatoms. The van der Waals surface area contributed by atoms with Crippen molar-refractivity contribution in [3.05, 3.63) is 60.0 Å². The summed E-state index contributed by atoms with van der Waals surface area (Å²) >= 11 is 1.62. The molecule has 0 radical (unpaired) electrons. The Balaban J connectivity index is 1.28. The molecule has 1 N–H and O–H groups in total. The number of hydrogen-bond donors (Lipinski definition) is 1. The topological polar surface area (TPSA) is 48.5 Å². The first-order valence-electron chi connectivity index (χ1n) is 9.18. The molecular weight excluding hydrogens is 363 g/mol. The number of carbonyl (C=O) groups is 1. The monoisotopic (exact) mass is 388 g/mol. The van der Waals surface area contributed by atoms with Gasteiger partial charge in [0.15, 0.2) is 0 Å². The molecule has 1 aliphatic rings. The first-order chi connectivity index (χ1) is 13.2. The minimum absolute atomic E-state index is 0.0489. The lowest BCUT2D eigenvalue weighted by atomic mass is 10.2. The summed E-state index contributed by atoms with van der Waals surface area (Å²) in [7, 11) is 0. The quantitative estimate of drug-likeness (QED) is 0.704. The van der Waals surface area contributed by atoms with Gasteiger partial charge < -0.3 is 10.2 Å². The molecule has 5 nitrogen and oxygen atoms in total. The fourth-order valence-electron chi connectivity index (χ4n) is 3.00. The van der Waals surface area contributed by atoms with Crippen LogP contribution in [0.2, 0.25) is 0 Å². The third-order valence-corrected chi connectivity index (χ3v) is 5.50. The Bertz CT molecular complexity index is 723. The van der Waals surface area contributed by atoms with E-state index in [0.717, 1.165) is 37.7 Å². The highest BCUT2D eigenvalue weighted by atomic mass is 32.2. The number of anilines is 1. The van der Waals surface area contributed by atoms with E-state index in [1.807, 2.05) is 24.3 Å². The van der Waals surface area contributed by atoms with E-state index in [-0.39, 0.29) is 11.7 Å². The van der Waals surface area contributed by atoms with Crippen LogP contribution in [0.15, 0.2) is 48.7 Å². The van der Waals surface area contributed by atoms with Gasteiger partial charge in [0.05, 0.1) is 6.54 Å². The van der Waals surface area contributed by atoms with Gasteiger partial charge in [-0.15, -0.1) is 0 Å². The lowest BCUT2D eigenvalue weighted by Gasteiger charge is -2.34. The Morgan fingerprint density at radius 1 is 1.11 bits per heavy atom. The summed E-state index contributed by atoms with van der Waals surface area (Å²) < 4.78 is 13.5. The fourth-order valence-corrected chi connectivity index (χ4v) is 3.84. The van der Waals surface area contributed by atoms with Crippen LogP contribution in [0.1, 0.15) is 5.56 Å². The predicted molar refractivity (Wildman–Crippen MR) is 108 cm³/mol. The maximum absolute atomic E-state index is 13.5. The average Bonchev–Trinajstić information content (AvgIpc) is 2.70. The van der Waals surface area contributed by atoms with Crippen LogP contribution in [-0.2, 0) is 10.5 Å². The van der Waals surface area contributed by atoms with Crippen molar-refractivity contribution in [3.8, 4) is 0 Å². The second-order valence-electron chi connectivity index (χ2n) is 6.45. The zero-order valence-electron chi connectivity index (χ0n) is 15.3. The molecule has 144 valence electrons. The van der Waals surface area contributed by atoms with E-state index in [9.17, 15) is 9.18 Å². The first kappa shape index (κ1) is 19.6. The van der Waals surface area contributed by atoms with Gasteiger partial charge in [0.1, 0.15) is 11.6 Å². The molecule has 2 aromatic rings. The maximum Gasteiger partial charge on any atom is 0.234 e. The van der Waals surface area contributed by atoms with Crippen molar-refractivity contribution in [3.63, 3.8) is 0 Å². The number of thioether (sulfide) groups is 1. The number of hydrogen-bond acceptors (Lipinski definition) is 5. The van der Waals surface area contributed by atoms with Crippen molar-refractivity contribution in [1.29, 1.82) is 0 Å². The molecule has 0 unspecified atom stereocenters. The minimum atomic E-state index is -0.168. The Morgan fingerprint density at radius 3 is 2.63 bits per heavy atom. The third kappa shape index (κ3) is 6.22. The Morgan fingerprint density at radius 2 is 1.89 bits per heavy atom. The van der Waals surface area contributed by atoms with Gasteiger partial charge in [-0.25, -0.2) is 9.37 Å². The van der Waals surface area contributed by atoms with Gasteiger partial charge in [0.25, 0.3) is 0 Å². The van der Waals surface area contributed by atoms with Crippen LogP contribution in [0, 0.1) is 5.82 Å². The molecule has 27 heavy (non-hydrogen) atoms. The van der Waals surface area contributed by atoms with Crippen LogP contribution in [-0.4, -0.2) is 60.8 Å². The zero-order valence-corrected chi connectivity index (χ0v) is 16.1. The average molecular weight is 389 g/mol. The Kier molecular flexibility index (Phi) is 7.47. The van der Waals surface area contributed by atoms with Gasteiger partial charge in [0.2, 0.25) is 5.91 Å². The molecule has 1 saturated heterocycles. The van der Waals surface area contributed by atoms with Gasteiger partial charge in [-0.05, 0) is 23.8 Å². The summed E-state index contributed by atoms with van der Waals surface area (Å²) in [4.78, 5) is 20.9. The second kappa shape index (κ2) is 10.3. The van der Waals surface area contributed by atoms with Crippen molar-refractivity contribution in [2.24, 2.45) is 0 Å². The van der Waals surface area contributed by atoms with Gasteiger partial charge in [-0.1, -0.05) is 24.3 Å². The Hall–Kier alpha value is -2.12. The van der Waals surface area contributed by atoms with Crippen molar-refractivity contribution < 1.29 is 9.18 Å². The van der Waals surface area contributed by atoms with E-state index in [0.29, 0.717) is 24.4 Å². The van der Waals surface area contributed by atoms with Crippen molar-refractivity contribution in [1.82, 2.24) is 15.2 Å². The van der Waals surface area contributed by atoms with Crippen molar-refractivity contribution in [2.45, 2.75) is 5.75 Å². The summed E-state index contributed by atoms with van der Waals surface area (Å²) in [6, 6.07) is 12.7. The van der Waals surface area contributed by atoms with Gasteiger partial charge in [-0.2, -0.15) is 11.8 Å². The molecular formula is C20H25FN4OS. The lowest BCUT2D eigenvalue weighted by molar-refractivity contribution is -0.122. The third-order valence-electron chi connectivity index (χ3n) is 4.50. The first-order valence-corrected chi connectivity index (χ1v) is 10.3. The van der Waals surface area contributed by atoms with E-state index in [2.05, 4.69) is 20.1 Å².